The largest absolute Gasteiger partial charge is 0.502 e. The van der Waals surface area contributed by atoms with E-state index in [1.54, 1.807) is 24.3 Å². The van der Waals surface area contributed by atoms with Crippen LogP contribution >= 0.6 is 23.4 Å². The van der Waals surface area contributed by atoms with E-state index in [1.165, 1.54) is 32.2 Å². The number of phenols is 1. The number of hydrazone groups is 1. The zero-order valence-corrected chi connectivity index (χ0v) is 21.9. The Balaban J connectivity index is 1.49. The van der Waals surface area contributed by atoms with Gasteiger partial charge in [-0.2, -0.15) is 5.10 Å². The molecule has 0 saturated heterocycles. The van der Waals surface area contributed by atoms with Crippen LogP contribution in [0.15, 0.2) is 70.9 Å². The summed E-state index contributed by atoms with van der Waals surface area (Å²) in [4.78, 5) is 12.5. The van der Waals surface area contributed by atoms with E-state index in [9.17, 15) is 9.90 Å². The van der Waals surface area contributed by atoms with Crippen molar-refractivity contribution in [3.8, 4) is 34.3 Å². The van der Waals surface area contributed by atoms with Crippen molar-refractivity contribution in [3.63, 3.8) is 0 Å². The molecule has 0 unspecified atom stereocenters. The number of halogens is 1. The van der Waals surface area contributed by atoms with Crippen molar-refractivity contribution in [2.24, 2.45) is 5.10 Å². The smallest absolute Gasteiger partial charge is 0.250 e. The van der Waals surface area contributed by atoms with Crippen LogP contribution in [0.1, 0.15) is 11.1 Å². The van der Waals surface area contributed by atoms with Crippen LogP contribution in [0.25, 0.3) is 17.1 Å². The first-order valence-electron chi connectivity index (χ1n) is 11.1. The van der Waals surface area contributed by atoms with Crippen molar-refractivity contribution in [1.82, 2.24) is 20.2 Å². The van der Waals surface area contributed by atoms with Crippen molar-refractivity contribution in [3.05, 3.63) is 76.8 Å². The Morgan fingerprint density at radius 1 is 1.08 bits per heavy atom. The minimum Gasteiger partial charge on any atom is -0.502 e. The van der Waals surface area contributed by atoms with Crippen LogP contribution in [-0.2, 0) is 4.79 Å². The number of amides is 1. The molecule has 3 aromatic carbocycles. The van der Waals surface area contributed by atoms with E-state index in [1.807, 2.05) is 47.9 Å². The summed E-state index contributed by atoms with van der Waals surface area (Å²) in [6.45, 7) is 2.01. The van der Waals surface area contributed by atoms with Gasteiger partial charge in [0.25, 0.3) is 5.91 Å². The molecule has 0 aliphatic rings. The van der Waals surface area contributed by atoms with E-state index >= 15 is 0 Å². The maximum Gasteiger partial charge on any atom is 0.250 e. The van der Waals surface area contributed by atoms with Gasteiger partial charge in [0.05, 0.1) is 26.2 Å². The van der Waals surface area contributed by atoms with Crippen LogP contribution in [0.2, 0.25) is 5.02 Å². The van der Waals surface area contributed by atoms with Crippen molar-refractivity contribution in [2.75, 3.05) is 20.0 Å². The molecule has 0 spiro atoms. The highest BCUT2D eigenvalue weighted by atomic mass is 35.5. The predicted octanol–water partition coefficient (Wildman–Crippen LogP) is 4.86. The van der Waals surface area contributed by atoms with Gasteiger partial charge < -0.3 is 14.6 Å². The summed E-state index contributed by atoms with van der Waals surface area (Å²) < 4.78 is 12.2. The number of thioether (sulfide) groups is 1. The molecule has 0 saturated carbocycles. The Labute approximate surface area is 223 Å². The number of ether oxygens (including phenoxy) is 2. The number of benzene rings is 3. The summed E-state index contributed by atoms with van der Waals surface area (Å²) in [5, 5.41) is 23.9. The van der Waals surface area contributed by atoms with Crippen molar-refractivity contribution in [1.29, 1.82) is 0 Å². The summed E-state index contributed by atoms with van der Waals surface area (Å²) in [5.41, 5.74) is 5.91. The fraction of sp³-hybridized carbons (Fsp3) is 0.154. The molecule has 0 bridgehead atoms. The molecule has 4 rings (SSSR count). The summed E-state index contributed by atoms with van der Waals surface area (Å²) in [6, 6.07) is 18.5. The summed E-state index contributed by atoms with van der Waals surface area (Å²) in [7, 11) is 2.87. The summed E-state index contributed by atoms with van der Waals surface area (Å²) >= 11 is 7.29. The van der Waals surface area contributed by atoms with Crippen molar-refractivity contribution in [2.45, 2.75) is 12.1 Å². The molecule has 0 aliphatic heterocycles. The van der Waals surface area contributed by atoms with E-state index in [0.717, 1.165) is 16.8 Å². The zero-order valence-electron chi connectivity index (χ0n) is 20.3. The quantitative estimate of drug-likeness (QED) is 0.178. The van der Waals surface area contributed by atoms with E-state index < -0.39 is 0 Å². The number of hydrogen-bond donors (Lipinski definition) is 2. The Bertz CT molecular complexity index is 1400. The van der Waals surface area contributed by atoms with Crippen LogP contribution in [0, 0.1) is 6.92 Å². The molecule has 4 aromatic rings. The van der Waals surface area contributed by atoms with Crippen LogP contribution in [0.3, 0.4) is 0 Å². The lowest BCUT2D eigenvalue weighted by molar-refractivity contribution is -0.118. The van der Waals surface area contributed by atoms with Gasteiger partial charge in [-0.1, -0.05) is 41.1 Å². The molecule has 0 fully saturated rings. The number of carbonyl (C=O) groups excluding carboxylic acids is 1. The van der Waals surface area contributed by atoms with Crippen LogP contribution in [0.4, 0.5) is 0 Å². The third-order valence-electron chi connectivity index (χ3n) is 5.27. The molecule has 0 aliphatic carbocycles. The first-order valence-corrected chi connectivity index (χ1v) is 12.4. The van der Waals surface area contributed by atoms with Gasteiger partial charge >= 0.3 is 0 Å². The van der Waals surface area contributed by atoms with Crippen LogP contribution < -0.4 is 14.9 Å². The van der Waals surface area contributed by atoms with Gasteiger partial charge in [0.2, 0.25) is 5.75 Å². The fourth-order valence-corrected chi connectivity index (χ4v) is 4.28. The van der Waals surface area contributed by atoms with Gasteiger partial charge in [0.1, 0.15) is 0 Å². The Morgan fingerprint density at radius 3 is 2.35 bits per heavy atom. The Morgan fingerprint density at radius 2 is 1.73 bits per heavy atom. The van der Waals surface area contributed by atoms with Gasteiger partial charge in [-0.05, 0) is 55.5 Å². The average Bonchev–Trinajstić information content (AvgIpc) is 3.33. The second-order valence-corrected chi connectivity index (χ2v) is 9.22. The number of phenolic OH excluding ortho intramolecular Hbond substituents is 1. The monoisotopic (exact) mass is 537 g/mol. The SMILES string of the molecule is COc1cc(/C=N\NC(=O)CSc2nnc(-c3ccc(Cl)cc3)n2-c2ccc(C)cc2)cc(OC)c1O. The maximum absolute atomic E-state index is 12.5. The average molecular weight is 538 g/mol. The molecule has 11 heteroatoms. The second-order valence-electron chi connectivity index (χ2n) is 7.84. The third-order valence-corrected chi connectivity index (χ3v) is 6.45. The number of aryl methyl sites for hydroxylation is 1. The van der Waals surface area contributed by atoms with Gasteiger partial charge in [0.15, 0.2) is 22.5 Å². The minimum absolute atomic E-state index is 0.0597. The summed E-state index contributed by atoms with van der Waals surface area (Å²) in [6.07, 6.45) is 1.43. The highest BCUT2D eigenvalue weighted by Crippen LogP contribution is 2.36. The lowest BCUT2D eigenvalue weighted by Crippen LogP contribution is -2.20. The standard InChI is InChI=1S/C26H24ClN5O4S/c1-16-4-10-20(11-5-16)32-25(18-6-8-19(27)9-7-18)30-31-26(32)37-15-23(33)29-28-14-17-12-21(35-2)24(34)22(13-17)36-3/h4-14,34H,15H2,1-3H3,(H,29,33)/b28-14-. The lowest BCUT2D eigenvalue weighted by Gasteiger charge is -2.11. The summed E-state index contributed by atoms with van der Waals surface area (Å²) in [5.74, 6) is 0.717. The van der Waals surface area contributed by atoms with Crippen LogP contribution in [0.5, 0.6) is 17.2 Å². The predicted molar refractivity (Wildman–Crippen MR) is 144 cm³/mol. The molecular weight excluding hydrogens is 514 g/mol. The molecular formula is C26H24ClN5O4S. The Kier molecular flexibility index (Phi) is 8.32. The van der Waals surface area contributed by atoms with Crippen LogP contribution in [-0.4, -0.2) is 52.0 Å². The minimum atomic E-state index is -0.328. The number of rotatable bonds is 9. The first kappa shape index (κ1) is 26.1. The van der Waals surface area contributed by atoms with Gasteiger partial charge in [0, 0.05) is 21.8 Å². The topological polar surface area (TPSA) is 111 Å². The molecule has 1 amide bonds. The second kappa shape index (κ2) is 11.8. The molecule has 37 heavy (non-hydrogen) atoms. The highest BCUT2D eigenvalue weighted by Gasteiger charge is 2.17. The molecule has 1 heterocycles. The molecule has 0 radical (unpaired) electrons. The molecule has 1 aromatic heterocycles. The normalized spacial score (nSPS) is 11.0. The van der Waals surface area contributed by atoms with E-state index in [0.29, 0.717) is 21.6 Å². The number of nitrogens with zero attached hydrogens (tertiary/aromatic N) is 4. The fourth-order valence-electron chi connectivity index (χ4n) is 3.41. The highest BCUT2D eigenvalue weighted by molar-refractivity contribution is 7.99. The molecule has 190 valence electrons. The van der Waals surface area contributed by atoms with E-state index in [4.69, 9.17) is 21.1 Å². The van der Waals surface area contributed by atoms with E-state index in [2.05, 4.69) is 20.7 Å². The number of carbonyl (C=O) groups is 1. The van der Waals surface area contributed by atoms with E-state index in [-0.39, 0.29) is 28.9 Å². The maximum atomic E-state index is 12.5. The number of methoxy groups -OCH3 is 2. The molecule has 9 nitrogen and oxygen atoms in total. The Hall–Kier alpha value is -4.02. The van der Waals surface area contributed by atoms with Gasteiger partial charge in [-0.3, -0.25) is 9.36 Å². The van der Waals surface area contributed by atoms with Crippen molar-refractivity contribution >= 4 is 35.5 Å². The lowest BCUT2D eigenvalue weighted by atomic mass is 10.2. The number of aromatic hydroxyl groups is 1. The number of hydrogen-bond acceptors (Lipinski definition) is 8. The first-order chi connectivity index (χ1) is 17.9. The molecule has 0 atom stereocenters. The van der Waals surface area contributed by atoms with Gasteiger partial charge in [-0.15, -0.1) is 10.2 Å². The third kappa shape index (κ3) is 6.22. The number of aromatic nitrogens is 3. The van der Waals surface area contributed by atoms with Gasteiger partial charge in [-0.25, -0.2) is 5.43 Å². The van der Waals surface area contributed by atoms with Crippen molar-refractivity contribution < 1.29 is 19.4 Å². The zero-order chi connectivity index (χ0) is 26.4. The molecule has 2 N–H and O–H groups in total. The number of nitrogens with one attached hydrogen (secondary N) is 1.